The molecule has 0 aromatic heterocycles. The van der Waals surface area contributed by atoms with E-state index in [0.29, 0.717) is 6.61 Å². The van der Waals surface area contributed by atoms with Crippen molar-refractivity contribution in [3.8, 4) is 0 Å². The van der Waals surface area contributed by atoms with Crippen molar-refractivity contribution in [3.05, 3.63) is 0 Å². The summed E-state index contributed by atoms with van der Waals surface area (Å²) in [6, 6.07) is 0. The molecule has 0 aliphatic heterocycles. The van der Waals surface area contributed by atoms with Crippen molar-refractivity contribution < 1.29 is 9.53 Å². The smallest absolute Gasteiger partial charge is 0.302 e. The van der Waals surface area contributed by atoms with Crippen molar-refractivity contribution in [1.29, 1.82) is 0 Å². The van der Waals surface area contributed by atoms with Crippen LogP contribution in [0.1, 0.15) is 33.1 Å². The minimum atomic E-state index is -0.170. The molecule has 0 aromatic carbocycles. The largest absolute Gasteiger partial charge is 0.466 e. The summed E-state index contributed by atoms with van der Waals surface area (Å²) >= 11 is 1.97. The number of carbonyl (C=O) groups is 1. The summed E-state index contributed by atoms with van der Waals surface area (Å²) in [4.78, 5) is 10.4. The van der Waals surface area contributed by atoms with Gasteiger partial charge in [0.2, 0.25) is 0 Å². The normalized spacial score (nSPS) is 9.83. The molecule has 2 nitrogen and oxygen atoms in total. The van der Waals surface area contributed by atoms with Gasteiger partial charge in [0.05, 0.1) is 6.61 Å². The van der Waals surface area contributed by atoms with E-state index in [0.717, 1.165) is 12.8 Å². The number of esters is 1. The van der Waals surface area contributed by atoms with Crippen LogP contribution in [0.4, 0.5) is 0 Å². The second-order valence-electron chi connectivity index (χ2n) is 2.66. The summed E-state index contributed by atoms with van der Waals surface area (Å²) in [5.41, 5.74) is 0. The maximum Gasteiger partial charge on any atom is 0.302 e. The second-order valence-corrected chi connectivity index (χ2v) is 3.88. The Balaban J connectivity index is 2.86. The maximum atomic E-state index is 10.4. The Morgan fingerprint density at radius 2 is 2.08 bits per heavy atom. The number of hydrogen-bond donors (Lipinski definition) is 0. The van der Waals surface area contributed by atoms with Gasteiger partial charge in [-0.15, -0.1) is 0 Å². The highest BCUT2D eigenvalue weighted by Crippen LogP contribution is 2.05. The number of hydrogen-bond acceptors (Lipinski definition) is 3. The topological polar surface area (TPSA) is 26.3 Å². The fourth-order valence-electron chi connectivity index (χ4n) is 0.768. The Morgan fingerprint density at radius 1 is 1.33 bits per heavy atom. The first-order valence-electron chi connectivity index (χ1n) is 4.48. The Morgan fingerprint density at radius 3 is 2.67 bits per heavy atom. The van der Waals surface area contributed by atoms with Crippen LogP contribution in [0, 0.1) is 0 Å². The molecule has 0 unspecified atom stereocenters. The number of carbonyl (C=O) groups excluding carboxylic acids is 1. The third-order valence-electron chi connectivity index (χ3n) is 1.34. The van der Waals surface area contributed by atoms with E-state index in [1.165, 1.54) is 24.9 Å². The molecule has 0 N–H and O–H groups in total. The standard InChI is InChI=1S/C9H18O2S/c1-3-7-12-8-5-4-6-11-9(2)10/h3-8H2,1-2H3. The third kappa shape index (κ3) is 9.82. The molecule has 0 saturated heterocycles. The van der Waals surface area contributed by atoms with Crippen molar-refractivity contribution in [1.82, 2.24) is 0 Å². The van der Waals surface area contributed by atoms with Gasteiger partial charge in [-0.25, -0.2) is 0 Å². The predicted molar refractivity (Wildman–Crippen MR) is 53.5 cm³/mol. The zero-order chi connectivity index (χ0) is 9.23. The third-order valence-corrected chi connectivity index (χ3v) is 2.61. The van der Waals surface area contributed by atoms with Crippen LogP contribution in [0.15, 0.2) is 0 Å². The summed E-state index contributed by atoms with van der Waals surface area (Å²) in [5.74, 6) is 2.26. The summed E-state index contributed by atoms with van der Waals surface area (Å²) < 4.78 is 4.80. The number of unbranched alkanes of at least 4 members (excludes halogenated alkanes) is 1. The molecule has 72 valence electrons. The molecule has 3 heteroatoms. The summed E-state index contributed by atoms with van der Waals surface area (Å²) in [6.07, 6.45) is 3.39. The van der Waals surface area contributed by atoms with Crippen LogP contribution in [0.5, 0.6) is 0 Å². The van der Waals surface area contributed by atoms with Crippen LogP contribution in [-0.4, -0.2) is 24.1 Å². The van der Waals surface area contributed by atoms with E-state index in [4.69, 9.17) is 4.74 Å². The lowest BCUT2D eigenvalue weighted by molar-refractivity contribution is -0.141. The van der Waals surface area contributed by atoms with Crippen molar-refractivity contribution in [2.75, 3.05) is 18.1 Å². The first-order valence-corrected chi connectivity index (χ1v) is 5.64. The van der Waals surface area contributed by atoms with Gasteiger partial charge in [-0.2, -0.15) is 11.8 Å². The Kier molecular flexibility index (Phi) is 8.78. The first kappa shape index (κ1) is 11.8. The van der Waals surface area contributed by atoms with Crippen LogP contribution in [-0.2, 0) is 9.53 Å². The highest BCUT2D eigenvalue weighted by Gasteiger charge is 1.92. The second kappa shape index (κ2) is 8.91. The average Bonchev–Trinajstić information content (AvgIpc) is 2.02. The lowest BCUT2D eigenvalue weighted by Gasteiger charge is -2.01. The number of thioether (sulfide) groups is 1. The quantitative estimate of drug-likeness (QED) is 0.455. The van der Waals surface area contributed by atoms with Gasteiger partial charge >= 0.3 is 5.97 Å². The zero-order valence-electron chi connectivity index (χ0n) is 7.97. The predicted octanol–water partition coefficient (Wildman–Crippen LogP) is 2.47. The van der Waals surface area contributed by atoms with Crippen LogP contribution in [0.25, 0.3) is 0 Å². The molecule has 0 atom stereocenters. The molecular weight excluding hydrogens is 172 g/mol. The van der Waals surface area contributed by atoms with Crippen LogP contribution in [0.3, 0.4) is 0 Å². The van der Waals surface area contributed by atoms with E-state index < -0.39 is 0 Å². The molecule has 0 heterocycles. The molecule has 0 amide bonds. The first-order chi connectivity index (χ1) is 5.77. The highest BCUT2D eigenvalue weighted by molar-refractivity contribution is 7.99. The zero-order valence-corrected chi connectivity index (χ0v) is 8.78. The van der Waals surface area contributed by atoms with E-state index in [-0.39, 0.29) is 5.97 Å². The molecule has 0 aromatic rings. The Labute approximate surface area is 79.1 Å². The minimum Gasteiger partial charge on any atom is -0.466 e. The van der Waals surface area contributed by atoms with Gasteiger partial charge < -0.3 is 4.74 Å². The van der Waals surface area contributed by atoms with Crippen molar-refractivity contribution in [3.63, 3.8) is 0 Å². The van der Waals surface area contributed by atoms with Crippen LogP contribution in [0.2, 0.25) is 0 Å². The fraction of sp³-hybridized carbons (Fsp3) is 0.889. The van der Waals surface area contributed by atoms with Crippen molar-refractivity contribution in [2.45, 2.75) is 33.1 Å². The Hall–Kier alpha value is -0.180. The van der Waals surface area contributed by atoms with Gasteiger partial charge in [0.1, 0.15) is 0 Å². The molecule has 0 spiro atoms. The molecule has 0 aliphatic rings. The molecule has 0 saturated carbocycles. The van der Waals surface area contributed by atoms with E-state index >= 15 is 0 Å². The summed E-state index contributed by atoms with van der Waals surface area (Å²) in [5, 5.41) is 0. The number of rotatable bonds is 7. The minimum absolute atomic E-state index is 0.170. The van der Waals surface area contributed by atoms with Gasteiger partial charge in [0.15, 0.2) is 0 Å². The average molecular weight is 190 g/mol. The van der Waals surface area contributed by atoms with E-state index in [2.05, 4.69) is 6.92 Å². The van der Waals surface area contributed by atoms with Crippen molar-refractivity contribution >= 4 is 17.7 Å². The SMILES string of the molecule is CCCSCCCCOC(C)=O. The monoisotopic (exact) mass is 190 g/mol. The van der Waals surface area contributed by atoms with E-state index in [1.807, 2.05) is 11.8 Å². The molecule has 0 bridgehead atoms. The van der Waals surface area contributed by atoms with Gasteiger partial charge in [-0.05, 0) is 30.8 Å². The Bertz CT molecular complexity index is 115. The fourth-order valence-corrected chi connectivity index (χ4v) is 1.67. The lowest BCUT2D eigenvalue weighted by Crippen LogP contribution is -2.00. The van der Waals surface area contributed by atoms with Crippen LogP contribution >= 0.6 is 11.8 Å². The molecular formula is C9H18O2S. The van der Waals surface area contributed by atoms with Gasteiger partial charge in [-0.1, -0.05) is 6.92 Å². The van der Waals surface area contributed by atoms with Crippen LogP contribution < -0.4 is 0 Å². The summed E-state index contributed by atoms with van der Waals surface area (Å²) in [7, 11) is 0. The molecule has 0 rings (SSSR count). The van der Waals surface area contributed by atoms with Gasteiger partial charge in [-0.3, -0.25) is 4.79 Å². The number of ether oxygens (including phenoxy) is 1. The molecule has 0 aliphatic carbocycles. The molecule has 0 radical (unpaired) electrons. The maximum absolute atomic E-state index is 10.4. The van der Waals surface area contributed by atoms with Gasteiger partial charge in [0, 0.05) is 6.92 Å². The lowest BCUT2D eigenvalue weighted by atomic mass is 10.4. The van der Waals surface area contributed by atoms with Crippen molar-refractivity contribution in [2.24, 2.45) is 0 Å². The highest BCUT2D eigenvalue weighted by atomic mass is 32.2. The summed E-state index contributed by atoms with van der Waals surface area (Å²) in [6.45, 7) is 4.22. The van der Waals surface area contributed by atoms with E-state index in [9.17, 15) is 4.79 Å². The molecule has 12 heavy (non-hydrogen) atoms. The van der Waals surface area contributed by atoms with E-state index in [1.54, 1.807) is 0 Å². The van der Waals surface area contributed by atoms with Gasteiger partial charge in [0.25, 0.3) is 0 Å². The molecule has 0 fully saturated rings.